The van der Waals surface area contributed by atoms with E-state index in [0.717, 1.165) is 25.9 Å². The minimum atomic E-state index is 0.327. The van der Waals surface area contributed by atoms with Gasteiger partial charge in [-0.25, -0.2) is 0 Å². The van der Waals surface area contributed by atoms with E-state index < -0.39 is 0 Å². The molecule has 0 heterocycles. The number of nitrogens with one attached hydrogen (secondary N) is 1. The highest BCUT2D eigenvalue weighted by Gasteiger charge is 2.23. The number of hydrogen-bond donors (Lipinski definition) is 3. The molecule has 0 spiro atoms. The third kappa shape index (κ3) is 6.39. The Kier molecular flexibility index (Phi) is 8.67. The van der Waals surface area contributed by atoms with Gasteiger partial charge in [0.15, 0.2) is 0 Å². The second kappa shape index (κ2) is 9.86. The monoisotopic (exact) mass is 243 g/mol. The average Bonchev–Trinajstić information content (AvgIpc) is 2.38. The Hall–Kier alpha value is -0.120. The first-order valence-corrected chi connectivity index (χ1v) is 7.31. The number of rotatable bonds is 9. The van der Waals surface area contributed by atoms with Crippen LogP contribution in [0, 0.1) is 11.8 Å². The second-order valence-corrected chi connectivity index (χ2v) is 5.33. The molecule has 0 amide bonds. The zero-order valence-electron chi connectivity index (χ0n) is 11.0. The molecule has 1 fully saturated rings. The van der Waals surface area contributed by atoms with Gasteiger partial charge in [0.2, 0.25) is 0 Å². The van der Waals surface area contributed by atoms with Gasteiger partial charge in [0.25, 0.3) is 0 Å². The van der Waals surface area contributed by atoms with Crippen LogP contribution in [0.1, 0.15) is 51.4 Å². The predicted molar refractivity (Wildman–Crippen MR) is 71.0 cm³/mol. The predicted octanol–water partition coefficient (Wildman–Crippen LogP) is 1.93. The highest BCUT2D eigenvalue weighted by molar-refractivity contribution is 4.76. The topological polar surface area (TPSA) is 52.5 Å². The van der Waals surface area contributed by atoms with E-state index in [-0.39, 0.29) is 0 Å². The van der Waals surface area contributed by atoms with E-state index in [1.165, 1.54) is 38.5 Å². The molecule has 17 heavy (non-hydrogen) atoms. The summed E-state index contributed by atoms with van der Waals surface area (Å²) in [6.45, 7) is 2.85. The fraction of sp³-hybridized carbons (Fsp3) is 1.00. The maximum atomic E-state index is 9.31. The van der Waals surface area contributed by atoms with Crippen LogP contribution in [0.15, 0.2) is 0 Å². The molecule has 0 radical (unpaired) electrons. The van der Waals surface area contributed by atoms with Crippen molar-refractivity contribution < 1.29 is 10.2 Å². The van der Waals surface area contributed by atoms with Crippen LogP contribution in [-0.2, 0) is 0 Å². The number of hydrogen-bond acceptors (Lipinski definition) is 3. The Bertz CT molecular complexity index is 176. The van der Waals surface area contributed by atoms with Gasteiger partial charge in [-0.3, -0.25) is 0 Å². The van der Waals surface area contributed by atoms with Crippen LogP contribution < -0.4 is 5.32 Å². The van der Waals surface area contributed by atoms with Gasteiger partial charge in [-0.15, -0.1) is 0 Å². The lowest BCUT2D eigenvalue weighted by Gasteiger charge is -2.30. The molecule has 3 nitrogen and oxygen atoms in total. The normalized spacial score (nSPS) is 25.1. The molecule has 0 aromatic carbocycles. The van der Waals surface area contributed by atoms with Gasteiger partial charge in [0.1, 0.15) is 0 Å². The highest BCUT2D eigenvalue weighted by atomic mass is 16.3. The molecule has 1 aliphatic carbocycles. The molecule has 3 N–H and O–H groups in total. The van der Waals surface area contributed by atoms with Crippen molar-refractivity contribution in [3.05, 3.63) is 0 Å². The minimum Gasteiger partial charge on any atom is -0.396 e. The van der Waals surface area contributed by atoms with Crippen LogP contribution in [-0.4, -0.2) is 36.5 Å². The van der Waals surface area contributed by atoms with Crippen molar-refractivity contribution in [2.75, 3.05) is 26.3 Å². The quantitative estimate of drug-likeness (QED) is 0.542. The summed E-state index contributed by atoms with van der Waals surface area (Å²) in [6, 6.07) is 0. The van der Waals surface area contributed by atoms with E-state index in [2.05, 4.69) is 5.32 Å². The van der Waals surface area contributed by atoms with Crippen molar-refractivity contribution >= 4 is 0 Å². The van der Waals surface area contributed by atoms with Crippen LogP contribution in [0.5, 0.6) is 0 Å². The first kappa shape index (κ1) is 14.9. The second-order valence-electron chi connectivity index (χ2n) is 5.33. The number of aliphatic hydroxyl groups is 2. The Balaban J connectivity index is 1.97. The zero-order valence-corrected chi connectivity index (χ0v) is 11.0. The van der Waals surface area contributed by atoms with Crippen molar-refractivity contribution in [2.45, 2.75) is 51.4 Å². The first-order chi connectivity index (χ1) is 8.38. The number of unbranched alkanes of at least 4 members (excludes halogenated alkanes) is 3. The van der Waals surface area contributed by atoms with Crippen molar-refractivity contribution in [2.24, 2.45) is 11.8 Å². The summed E-state index contributed by atoms with van der Waals surface area (Å²) >= 11 is 0. The van der Waals surface area contributed by atoms with Crippen molar-refractivity contribution in [3.63, 3.8) is 0 Å². The van der Waals surface area contributed by atoms with Gasteiger partial charge >= 0.3 is 0 Å². The summed E-state index contributed by atoms with van der Waals surface area (Å²) < 4.78 is 0. The van der Waals surface area contributed by atoms with Crippen LogP contribution >= 0.6 is 0 Å². The third-order valence-electron chi connectivity index (χ3n) is 3.97. The molecule has 1 rings (SSSR count). The molecule has 1 saturated carbocycles. The Morgan fingerprint density at radius 3 is 2.29 bits per heavy atom. The summed E-state index contributed by atoms with van der Waals surface area (Å²) in [4.78, 5) is 0. The Morgan fingerprint density at radius 1 is 0.882 bits per heavy atom. The van der Waals surface area contributed by atoms with Gasteiger partial charge in [-0.1, -0.05) is 25.7 Å². The molecule has 0 saturated heterocycles. The smallest absolute Gasteiger partial charge is 0.0462 e. The van der Waals surface area contributed by atoms with E-state index in [0.29, 0.717) is 25.0 Å². The molecule has 2 atom stereocenters. The summed E-state index contributed by atoms with van der Waals surface area (Å²) in [5.41, 5.74) is 0. The van der Waals surface area contributed by atoms with Crippen LogP contribution in [0.3, 0.4) is 0 Å². The van der Waals surface area contributed by atoms with Crippen molar-refractivity contribution in [1.82, 2.24) is 5.32 Å². The summed E-state index contributed by atoms with van der Waals surface area (Å²) in [5, 5.41) is 21.5. The molecular formula is C14H29NO2. The van der Waals surface area contributed by atoms with Gasteiger partial charge < -0.3 is 15.5 Å². The standard InChI is InChI=1S/C14H29NO2/c16-10-6-2-1-5-9-15-11-13-7-3-4-8-14(13)12-17/h13-17H,1-12H2. The molecule has 3 heteroatoms. The van der Waals surface area contributed by atoms with Gasteiger partial charge in [-0.2, -0.15) is 0 Å². The largest absolute Gasteiger partial charge is 0.396 e. The van der Waals surface area contributed by atoms with Crippen molar-refractivity contribution in [3.8, 4) is 0 Å². The molecular weight excluding hydrogens is 214 g/mol. The summed E-state index contributed by atoms with van der Waals surface area (Å²) in [5.74, 6) is 1.22. The maximum absolute atomic E-state index is 9.31. The van der Waals surface area contributed by atoms with Gasteiger partial charge in [0.05, 0.1) is 0 Å². The molecule has 1 aliphatic rings. The lowest BCUT2D eigenvalue weighted by atomic mass is 9.79. The highest BCUT2D eigenvalue weighted by Crippen LogP contribution is 2.28. The van der Waals surface area contributed by atoms with E-state index >= 15 is 0 Å². The van der Waals surface area contributed by atoms with Crippen LogP contribution in [0.2, 0.25) is 0 Å². The zero-order chi connectivity index (χ0) is 12.3. The van der Waals surface area contributed by atoms with Crippen LogP contribution in [0.25, 0.3) is 0 Å². The minimum absolute atomic E-state index is 0.327. The molecule has 0 aromatic heterocycles. The lowest BCUT2D eigenvalue weighted by Crippen LogP contribution is -2.32. The van der Waals surface area contributed by atoms with Crippen LogP contribution in [0.4, 0.5) is 0 Å². The van der Waals surface area contributed by atoms with Crippen molar-refractivity contribution in [1.29, 1.82) is 0 Å². The first-order valence-electron chi connectivity index (χ1n) is 7.31. The lowest BCUT2D eigenvalue weighted by molar-refractivity contribution is 0.133. The van der Waals surface area contributed by atoms with E-state index in [9.17, 15) is 5.11 Å². The number of aliphatic hydroxyl groups excluding tert-OH is 2. The van der Waals surface area contributed by atoms with E-state index in [1.807, 2.05) is 0 Å². The van der Waals surface area contributed by atoms with Gasteiger partial charge in [0, 0.05) is 13.2 Å². The van der Waals surface area contributed by atoms with E-state index in [4.69, 9.17) is 5.11 Å². The fourth-order valence-electron chi connectivity index (χ4n) is 2.80. The molecule has 0 aliphatic heterocycles. The molecule has 0 aromatic rings. The summed E-state index contributed by atoms with van der Waals surface area (Å²) in [6.07, 6.45) is 9.61. The fourth-order valence-corrected chi connectivity index (χ4v) is 2.80. The Labute approximate surface area is 106 Å². The Morgan fingerprint density at radius 2 is 1.59 bits per heavy atom. The van der Waals surface area contributed by atoms with E-state index in [1.54, 1.807) is 0 Å². The average molecular weight is 243 g/mol. The molecule has 2 unspecified atom stereocenters. The summed E-state index contributed by atoms with van der Waals surface area (Å²) in [7, 11) is 0. The molecule has 0 bridgehead atoms. The molecule has 102 valence electrons. The maximum Gasteiger partial charge on any atom is 0.0462 e. The SMILES string of the molecule is OCCCCCCNCC1CCCCC1CO. The van der Waals surface area contributed by atoms with Gasteiger partial charge in [-0.05, 0) is 50.6 Å². The third-order valence-corrected chi connectivity index (χ3v) is 3.97.